The van der Waals surface area contributed by atoms with Crippen molar-refractivity contribution in [2.24, 2.45) is 0 Å². The van der Waals surface area contributed by atoms with E-state index < -0.39 is 0 Å². The molecule has 4 rings (SSSR count). The fraction of sp³-hybridized carbons (Fsp3) is 0.316. The minimum atomic E-state index is 0.0422. The van der Waals surface area contributed by atoms with E-state index in [9.17, 15) is 4.79 Å². The zero-order chi connectivity index (χ0) is 17.2. The summed E-state index contributed by atoms with van der Waals surface area (Å²) < 4.78 is 7.23. The van der Waals surface area contributed by atoms with Gasteiger partial charge in [-0.2, -0.15) is 5.10 Å². The van der Waals surface area contributed by atoms with Crippen LogP contribution in [0, 0.1) is 0 Å². The summed E-state index contributed by atoms with van der Waals surface area (Å²) >= 11 is 0. The van der Waals surface area contributed by atoms with Crippen LogP contribution in [-0.4, -0.2) is 45.8 Å². The largest absolute Gasteiger partial charge is 0.385 e. The van der Waals surface area contributed by atoms with E-state index in [1.165, 1.54) is 0 Å². The molecule has 0 saturated heterocycles. The number of rotatable bonds is 4. The molecular formula is C19H20N4O2. The molecule has 0 fully saturated rings. The molecule has 25 heavy (non-hydrogen) atoms. The summed E-state index contributed by atoms with van der Waals surface area (Å²) in [5, 5.41) is 5.39. The number of aromatic nitrogens is 3. The summed E-state index contributed by atoms with van der Waals surface area (Å²) in [5.41, 5.74) is 2.65. The van der Waals surface area contributed by atoms with E-state index in [4.69, 9.17) is 4.74 Å². The maximum absolute atomic E-state index is 13.0. The molecule has 6 heteroatoms. The Morgan fingerprint density at radius 2 is 2.20 bits per heavy atom. The van der Waals surface area contributed by atoms with Gasteiger partial charge in [0.05, 0.1) is 23.8 Å². The van der Waals surface area contributed by atoms with Crippen LogP contribution in [0.1, 0.15) is 28.5 Å². The molecule has 0 spiro atoms. The average molecular weight is 336 g/mol. The first-order chi connectivity index (χ1) is 12.3. The van der Waals surface area contributed by atoms with Crippen LogP contribution in [0.25, 0.3) is 10.9 Å². The maximum atomic E-state index is 13.0. The van der Waals surface area contributed by atoms with Gasteiger partial charge in [-0.15, -0.1) is 0 Å². The Balaban J connectivity index is 1.61. The van der Waals surface area contributed by atoms with Gasteiger partial charge in [0.2, 0.25) is 0 Å². The minimum Gasteiger partial charge on any atom is -0.385 e. The van der Waals surface area contributed by atoms with Gasteiger partial charge in [-0.05, 0) is 36.8 Å². The first-order valence-corrected chi connectivity index (χ1v) is 8.41. The number of methoxy groups -OCH3 is 1. The molecule has 1 aromatic carbocycles. The number of nitrogens with zero attached hydrogens (tertiary/aromatic N) is 4. The van der Waals surface area contributed by atoms with Gasteiger partial charge < -0.3 is 9.64 Å². The second kappa shape index (κ2) is 6.64. The van der Waals surface area contributed by atoms with Crippen LogP contribution in [0.2, 0.25) is 0 Å². The van der Waals surface area contributed by atoms with Crippen molar-refractivity contribution in [3.63, 3.8) is 0 Å². The fourth-order valence-corrected chi connectivity index (χ4v) is 3.40. The molecule has 1 aliphatic rings. The van der Waals surface area contributed by atoms with Crippen LogP contribution < -0.4 is 0 Å². The number of carbonyl (C=O) groups is 1. The molecule has 1 unspecified atom stereocenters. The van der Waals surface area contributed by atoms with Gasteiger partial charge in [-0.25, -0.2) is 0 Å². The van der Waals surface area contributed by atoms with Crippen molar-refractivity contribution in [1.29, 1.82) is 0 Å². The highest BCUT2D eigenvalue weighted by molar-refractivity contribution is 5.98. The molecular weight excluding hydrogens is 316 g/mol. The van der Waals surface area contributed by atoms with E-state index in [-0.39, 0.29) is 11.9 Å². The lowest BCUT2D eigenvalue weighted by atomic mass is 10.1. The monoisotopic (exact) mass is 336 g/mol. The lowest BCUT2D eigenvalue weighted by molar-refractivity contribution is 0.0641. The van der Waals surface area contributed by atoms with Crippen molar-refractivity contribution in [2.75, 3.05) is 20.3 Å². The molecule has 0 bridgehead atoms. The van der Waals surface area contributed by atoms with Crippen molar-refractivity contribution in [1.82, 2.24) is 19.7 Å². The highest BCUT2D eigenvalue weighted by Crippen LogP contribution is 2.25. The number of carbonyl (C=O) groups excluding carboxylic acids is 1. The molecule has 1 atom stereocenters. The van der Waals surface area contributed by atoms with Gasteiger partial charge in [0.15, 0.2) is 0 Å². The van der Waals surface area contributed by atoms with Gasteiger partial charge >= 0.3 is 0 Å². The minimum absolute atomic E-state index is 0.0422. The Labute approximate surface area is 146 Å². The smallest absolute Gasteiger partial charge is 0.254 e. The third kappa shape index (κ3) is 3.00. The second-order valence-electron chi connectivity index (χ2n) is 6.30. The second-order valence-corrected chi connectivity index (χ2v) is 6.30. The third-order valence-corrected chi connectivity index (χ3v) is 4.67. The van der Waals surface area contributed by atoms with Crippen molar-refractivity contribution >= 4 is 16.8 Å². The first kappa shape index (κ1) is 15.8. The summed E-state index contributed by atoms with van der Waals surface area (Å²) in [7, 11) is 1.69. The van der Waals surface area contributed by atoms with E-state index in [2.05, 4.69) is 10.1 Å². The molecule has 0 N–H and O–H groups in total. The Kier molecular flexibility index (Phi) is 4.19. The molecule has 6 nitrogen and oxygen atoms in total. The van der Waals surface area contributed by atoms with Crippen LogP contribution in [0.5, 0.6) is 0 Å². The topological polar surface area (TPSA) is 60.2 Å². The molecule has 3 aromatic rings. The summed E-state index contributed by atoms with van der Waals surface area (Å²) in [6.07, 6.45) is 4.39. The molecule has 2 aromatic heterocycles. The zero-order valence-corrected chi connectivity index (χ0v) is 14.1. The number of ether oxygens (including phenoxy) is 1. The molecule has 0 aliphatic carbocycles. The average Bonchev–Trinajstić information content (AvgIpc) is 3.13. The summed E-state index contributed by atoms with van der Waals surface area (Å²) in [5.74, 6) is 0.0422. The van der Waals surface area contributed by atoms with Crippen molar-refractivity contribution < 1.29 is 9.53 Å². The predicted molar refractivity (Wildman–Crippen MR) is 94.2 cm³/mol. The van der Waals surface area contributed by atoms with Gasteiger partial charge in [-0.3, -0.25) is 14.5 Å². The first-order valence-electron chi connectivity index (χ1n) is 8.41. The van der Waals surface area contributed by atoms with Crippen molar-refractivity contribution in [3.8, 4) is 0 Å². The number of hydrogen-bond acceptors (Lipinski definition) is 4. The molecule has 0 radical (unpaired) electrons. The number of fused-ring (bicyclic) bond motifs is 2. The normalized spacial score (nSPS) is 16.8. The van der Waals surface area contributed by atoms with Gasteiger partial charge in [-0.1, -0.05) is 6.07 Å². The Morgan fingerprint density at radius 3 is 3.08 bits per heavy atom. The van der Waals surface area contributed by atoms with Crippen LogP contribution in [0.3, 0.4) is 0 Å². The van der Waals surface area contributed by atoms with Crippen LogP contribution in [0.4, 0.5) is 0 Å². The third-order valence-electron chi connectivity index (χ3n) is 4.67. The highest BCUT2D eigenvalue weighted by Gasteiger charge is 2.28. The molecule has 0 saturated carbocycles. The van der Waals surface area contributed by atoms with E-state index in [0.717, 1.165) is 23.0 Å². The number of amides is 1. The molecule has 1 aliphatic heterocycles. The fourth-order valence-electron chi connectivity index (χ4n) is 3.40. The highest BCUT2D eigenvalue weighted by atomic mass is 16.5. The molecule has 128 valence electrons. The standard InChI is InChI=1S/C19H20N4O2/c1-25-10-7-17-13-22(12-16-6-9-21-23(16)17)19(24)15-4-5-18-14(11-15)3-2-8-20-18/h2-6,8-9,11,17H,7,10,12-13H2,1H3. The summed E-state index contributed by atoms with van der Waals surface area (Å²) in [4.78, 5) is 19.2. The van der Waals surface area contributed by atoms with Crippen LogP contribution in [0.15, 0.2) is 48.8 Å². The van der Waals surface area contributed by atoms with E-state index in [1.54, 1.807) is 19.5 Å². The van der Waals surface area contributed by atoms with Crippen LogP contribution in [-0.2, 0) is 11.3 Å². The van der Waals surface area contributed by atoms with Crippen molar-refractivity contribution in [3.05, 3.63) is 60.0 Å². The maximum Gasteiger partial charge on any atom is 0.254 e. The van der Waals surface area contributed by atoms with Crippen LogP contribution >= 0.6 is 0 Å². The van der Waals surface area contributed by atoms with E-state index in [1.807, 2.05) is 46.0 Å². The summed E-state index contributed by atoms with van der Waals surface area (Å²) in [6.45, 7) is 1.86. The molecule has 3 heterocycles. The lowest BCUT2D eigenvalue weighted by Gasteiger charge is -2.34. The quantitative estimate of drug-likeness (QED) is 0.735. The van der Waals surface area contributed by atoms with E-state index in [0.29, 0.717) is 25.3 Å². The molecule has 1 amide bonds. The van der Waals surface area contributed by atoms with Gasteiger partial charge in [0.1, 0.15) is 0 Å². The SMILES string of the molecule is COCCC1CN(C(=O)c2ccc3ncccc3c2)Cc2ccnn21. The van der Waals surface area contributed by atoms with E-state index >= 15 is 0 Å². The zero-order valence-electron chi connectivity index (χ0n) is 14.1. The Hall–Kier alpha value is -2.73. The lowest BCUT2D eigenvalue weighted by Crippen LogP contribution is -2.41. The number of benzene rings is 1. The Bertz CT molecular complexity index is 905. The van der Waals surface area contributed by atoms with Crippen molar-refractivity contribution in [2.45, 2.75) is 19.0 Å². The summed E-state index contributed by atoms with van der Waals surface area (Å²) in [6, 6.07) is 11.7. The number of hydrogen-bond donors (Lipinski definition) is 0. The van der Waals surface area contributed by atoms with Gasteiger partial charge in [0, 0.05) is 43.6 Å². The predicted octanol–water partition coefficient (Wildman–Crippen LogP) is 2.66. The Morgan fingerprint density at radius 1 is 1.28 bits per heavy atom. The number of pyridine rings is 1. The van der Waals surface area contributed by atoms with Gasteiger partial charge in [0.25, 0.3) is 5.91 Å².